The molecule has 29 heavy (non-hydrogen) atoms. The Balaban J connectivity index is 1.72. The molecule has 2 aromatic rings. The third-order valence-electron chi connectivity index (χ3n) is 5.83. The Hall–Kier alpha value is -3.27. The van der Waals surface area contributed by atoms with Crippen LogP contribution in [0.15, 0.2) is 53.7 Å². The van der Waals surface area contributed by atoms with Crippen LogP contribution in [0.4, 0.5) is 0 Å². The molecule has 1 fully saturated rings. The van der Waals surface area contributed by atoms with Crippen molar-refractivity contribution in [1.82, 2.24) is 20.5 Å². The first-order valence-corrected chi connectivity index (χ1v) is 9.94. The van der Waals surface area contributed by atoms with Crippen molar-refractivity contribution in [3.05, 3.63) is 59.9 Å². The summed E-state index contributed by atoms with van der Waals surface area (Å²) in [5.41, 5.74) is 1.81. The van der Waals surface area contributed by atoms with E-state index in [4.69, 9.17) is 5.26 Å². The summed E-state index contributed by atoms with van der Waals surface area (Å²) in [5.74, 6) is 0.452. The van der Waals surface area contributed by atoms with Gasteiger partial charge in [0.1, 0.15) is 5.69 Å². The summed E-state index contributed by atoms with van der Waals surface area (Å²) in [7, 11) is 3.63. The minimum Gasteiger partial charge on any atom is -0.359 e. The molecule has 0 bridgehead atoms. The number of benzene rings is 1. The van der Waals surface area contributed by atoms with Crippen LogP contribution in [-0.2, 0) is 12.5 Å². The average Bonchev–Trinajstić information content (AvgIpc) is 3.19. The van der Waals surface area contributed by atoms with E-state index >= 15 is 0 Å². The highest BCUT2D eigenvalue weighted by Gasteiger charge is 2.37. The first kappa shape index (κ1) is 20.5. The number of carbonyl (C=O) groups excluding carboxylic acids is 1. The number of carbonyl (C=O) groups is 1. The van der Waals surface area contributed by atoms with E-state index in [2.05, 4.69) is 45.2 Å². The predicted octanol–water partition coefficient (Wildman–Crippen LogP) is 2.28. The molecule has 1 aromatic carbocycles. The van der Waals surface area contributed by atoms with E-state index in [-0.39, 0.29) is 17.4 Å². The standard InChI is InChI=1S/C22H28N6O/c1-24-21(26-16-23)27-18-10-12-22(13-11-18,17-7-4-3-5-8-17)15-25-20(29)19-9-6-14-28(19)2/h3-9,14,18H,10-13,15H2,1-2H3,(H,25,29)(H2,24,26,27)/t18-,22-. The van der Waals surface area contributed by atoms with Crippen molar-refractivity contribution in [2.75, 3.05) is 13.6 Å². The maximum Gasteiger partial charge on any atom is 0.267 e. The minimum atomic E-state index is -0.105. The van der Waals surface area contributed by atoms with Gasteiger partial charge in [0.15, 0.2) is 0 Å². The summed E-state index contributed by atoms with van der Waals surface area (Å²) >= 11 is 0. The van der Waals surface area contributed by atoms with Crippen LogP contribution in [0, 0.1) is 11.5 Å². The first-order chi connectivity index (χ1) is 14.1. The Morgan fingerprint density at radius 1 is 1.24 bits per heavy atom. The summed E-state index contributed by atoms with van der Waals surface area (Å²) in [4.78, 5) is 16.4. The molecule has 7 nitrogen and oxygen atoms in total. The summed E-state index contributed by atoms with van der Waals surface area (Å²) < 4.78 is 1.83. The molecule has 1 aliphatic rings. The van der Waals surface area contributed by atoms with Gasteiger partial charge in [0.25, 0.3) is 5.91 Å². The van der Waals surface area contributed by atoms with Gasteiger partial charge in [-0.05, 0) is 43.4 Å². The largest absolute Gasteiger partial charge is 0.359 e. The fourth-order valence-electron chi connectivity index (χ4n) is 4.11. The lowest BCUT2D eigenvalue weighted by Gasteiger charge is -2.41. The lowest BCUT2D eigenvalue weighted by molar-refractivity contribution is 0.0927. The van der Waals surface area contributed by atoms with Crippen LogP contribution in [-0.4, -0.2) is 36.1 Å². The average molecular weight is 393 g/mol. The van der Waals surface area contributed by atoms with Crippen LogP contribution in [0.2, 0.25) is 0 Å². The van der Waals surface area contributed by atoms with E-state index in [0.717, 1.165) is 25.7 Å². The van der Waals surface area contributed by atoms with Crippen LogP contribution in [0.3, 0.4) is 0 Å². The number of hydrogen-bond donors (Lipinski definition) is 3. The zero-order chi connectivity index (χ0) is 20.7. The van der Waals surface area contributed by atoms with Gasteiger partial charge in [0, 0.05) is 38.3 Å². The van der Waals surface area contributed by atoms with Crippen molar-refractivity contribution in [3.63, 3.8) is 0 Å². The molecule has 1 heterocycles. The quantitative estimate of drug-likeness (QED) is 0.413. The molecular weight excluding hydrogens is 364 g/mol. The van der Waals surface area contributed by atoms with Crippen LogP contribution in [0.5, 0.6) is 0 Å². The van der Waals surface area contributed by atoms with Gasteiger partial charge < -0.3 is 20.5 Å². The number of aromatic nitrogens is 1. The van der Waals surface area contributed by atoms with Crippen LogP contribution in [0.1, 0.15) is 41.7 Å². The number of nitrogens with one attached hydrogen (secondary N) is 3. The van der Waals surface area contributed by atoms with E-state index in [1.54, 1.807) is 7.05 Å². The maximum atomic E-state index is 12.7. The second-order valence-electron chi connectivity index (χ2n) is 7.56. The molecule has 0 atom stereocenters. The molecule has 0 spiro atoms. The molecule has 0 aliphatic heterocycles. The van der Waals surface area contributed by atoms with Gasteiger partial charge in [-0.1, -0.05) is 30.3 Å². The van der Waals surface area contributed by atoms with Gasteiger partial charge in [-0.25, -0.2) is 0 Å². The number of hydrogen-bond acceptors (Lipinski definition) is 3. The second kappa shape index (κ2) is 9.28. The fourth-order valence-corrected chi connectivity index (χ4v) is 4.11. The summed E-state index contributed by atoms with van der Waals surface area (Å²) in [5, 5.41) is 18.2. The van der Waals surface area contributed by atoms with Crippen molar-refractivity contribution in [3.8, 4) is 6.19 Å². The molecule has 0 unspecified atom stereocenters. The molecule has 1 aromatic heterocycles. The zero-order valence-corrected chi connectivity index (χ0v) is 17.0. The van der Waals surface area contributed by atoms with Crippen LogP contribution >= 0.6 is 0 Å². The number of nitrogens with zero attached hydrogens (tertiary/aromatic N) is 3. The number of amides is 1. The fraction of sp³-hybridized carbons (Fsp3) is 0.409. The molecule has 1 saturated carbocycles. The molecule has 3 rings (SSSR count). The van der Waals surface area contributed by atoms with Crippen molar-refractivity contribution in [1.29, 1.82) is 5.26 Å². The smallest absolute Gasteiger partial charge is 0.267 e. The Labute approximate surface area is 171 Å². The van der Waals surface area contributed by atoms with Crippen molar-refractivity contribution in [2.45, 2.75) is 37.1 Å². The normalized spacial score (nSPS) is 21.8. The lowest BCUT2D eigenvalue weighted by Crippen LogP contribution is -2.49. The topological polar surface area (TPSA) is 94.2 Å². The van der Waals surface area contributed by atoms with E-state index in [9.17, 15) is 4.79 Å². The number of nitriles is 1. The SMILES string of the molecule is CN/C(=N\C#N)N[C@H]1CC[C@](CNC(=O)c2cccn2C)(c2ccccc2)CC1. The van der Waals surface area contributed by atoms with Crippen molar-refractivity contribution >= 4 is 11.9 Å². The van der Waals surface area contributed by atoms with Gasteiger partial charge in [-0.3, -0.25) is 4.79 Å². The molecule has 1 aliphatic carbocycles. The third kappa shape index (κ3) is 4.77. The van der Waals surface area contributed by atoms with E-state index < -0.39 is 0 Å². The first-order valence-electron chi connectivity index (χ1n) is 9.94. The summed E-state index contributed by atoms with van der Waals surface area (Å²) in [6.07, 6.45) is 7.43. The Morgan fingerprint density at radius 3 is 2.55 bits per heavy atom. The second-order valence-corrected chi connectivity index (χ2v) is 7.56. The predicted molar refractivity (Wildman–Crippen MR) is 113 cm³/mol. The number of rotatable bonds is 5. The van der Waals surface area contributed by atoms with E-state index in [0.29, 0.717) is 18.2 Å². The summed E-state index contributed by atoms with van der Waals surface area (Å²) in [6.45, 7) is 0.596. The number of aryl methyl sites for hydroxylation is 1. The molecule has 0 saturated heterocycles. The van der Waals surface area contributed by atoms with Crippen molar-refractivity contribution in [2.24, 2.45) is 12.0 Å². The monoisotopic (exact) mass is 392 g/mol. The third-order valence-corrected chi connectivity index (χ3v) is 5.83. The molecule has 7 heteroatoms. The van der Waals surface area contributed by atoms with Crippen LogP contribution < -0.4 is 16.0 Å². The molecule has 3 N–H and O–H groups in total. The van der Waals surface area contributed by atoms with E-state index in [1.165, 1.54) is 5.56 Å². The minimum absolute atomic E-state index is 0.0494. The number of guanidine groups is 1. The lowest BCUT2D eigenvalue weighted by atomic mass is 9.68. The van der Waals surface area contributed by atoms with E-state index in [1.807, 2.05) is 42.2 Å². The summed E-state index contributed by atoms with van der Waals surface area (Å²) in [6, 6.07) is 14.4. The zero-order valence-electron chi connectivity index (χ0n) is 17.0. The number of aliphatic imine (C=N–C) groups is 1. The highest BCUT2D eigenvalue weighted by molar-refractivity contribution is 5.92. The van der Waals surface area contributed by atoms with Gasteiger partial charge in [0.05, 0.1) is 0 Å². The van der Waals surface area contributed by atoms with Crippen molar-refractivity contribution < 1.29 is 4.79 Å². The molecule has 1 amide bonds. The van der Waals surface area contributed by atoms with Gasteiger partial charge >= 0.3 is 0 Å². The van der Waals surface area contributed by atoms with Gasteiger partial charge in [0.2, 0.25) is 12.2 Å². The molecular formula is C22H28N6O. The Bertz CT molecular complexity index is 888. The molecule has 0 radical (unpaired) electrons. The Kier molecular flexibility index (Phi) is 6.55. The molecule has 152 valence electrons. The Morgan fingerprint density at radius 2 is 1.97 bits per heavy atom. The highest BCUT2D eigenvalue weighted by Crippen LogP contribution is 2.39. The highest BCUT2D eigenvalue weighted by atomic mass is 16.1. The van der Waals surface area contributed by atoms with Gasteiger partial charge in [-0.2, -0.15) is 5.26 Å². The maximum absolute atomic E-state index is 12.7. The van der Waals surface area contributed by atoms with Crippen LogP contribution in [0.25, 0.3) is 0 Å². The van der Waals surface area contributed by atoms with Gasteiger partial charge in [-0.15, -0.1) is 4.99 Å².